The second kappa shape index (κ2) is 4.40. The monoisotopic (exact) mass is 272 g/mol. The summed E-state index contributed by atoms with van der Waals surface area (Å²) in [6.45, 7) is 0. The summed E-state index contributed by atoms with van der Waals surface area (Å²) in [6.07, 6.45) is 0. The van der Waals surface area contributed by atoms with Gasteiger partial charge >= 0.3 is 5.97 Å². The molecule has 5 heteroatoms. The van der Waals surface area contributed by atoms with Gasteiger partial charge in [0.1, 0.15) is 0 Å². The van der Waals surface area contributed by atoms with Crippen LogP contribution in [0.4, 0.5) is 0 Å². The number of aromatic carboxylic acids is 1. The average Bonchev–Trinajstić information content (AvgIpc) is 2.78. The minimum atomic E-state index is -1.07. The van der Waals surface area contributed by atoms with E-state index in [9.17, 15) is 9.90 Å². The summed E-state index contributed by atoms with van der Waals surface area (Å²) >= 11 is 5.92. The molecule has 0 fully saturated rings. The normalized spacial score (nSPS) is 10.8. The number of carbonyl (C=O) groups is 1. The van der Waals surface area contributed by atoms with E-state index < -0.39 is 5.97 Å². The summed E-state index contributed by atoms with van der Waals surface area (Å²) in [4.78, 5) is 11.3. The molecule has 0 radical (unpaired) electrons. The number of hydrogen-bond acceptors (Lipinski definition) is 2. The molecule has 0 amide bonds. The average molecular weight is 273 g/mol. The van der Waals surface area contributed by atoms with Crippen molar-refractivity contribution in [1.29, 1.82) is 0 Å². The van der Waals surface area contributed by atoms with Crippen LogP contribution in [0, 0.1) is 0 Å². The molecule has 3 rings (SSSR count). The lowest BCUT2D eigenvalue weighted by Gasteiger charge is -2.02. The fourth-order valence-electron chi connectivity index (χ4n) is 2.01. The van der Waals surface area contributed by atoms with Crippen molar-refractivity contribution in [3.8, 4) is 5.69 Å². The molecule has 0 bridgehead atoms. The molecule has 19 heavy (non-hydrogen) atoms. The van der Waals surface area contributed by atoms with Crippen molar-refractivity contribution in [3.63, 3.8) is 0 Å². The molecule has 0 saturated carbocycles. The summed E-state index contributed by atoms with van der Waals surface area (Å²) in [5.41, 5.74) is 1.52. The Morgan fingerprint density at radius 1 is 1.16 bits per heavy atom. The van der Waals surface area contributed by atoms with E-state index in [4.69, 9.17) is 11.6 Å². The lowest BCUT2D eigenvalue weighted by Crippen LogP contribution is -2.01. The Morgan fingerprint density at radius 2 is 1.89 bits per heavy atom. The standard InChI is InChI=1S/C14H9ClN2O2/c15-9-6-7-12-11(8-9)13(14(18)19)16-17(12)10-4-2-1-3-5-10/h1-8H,(H,18,19). The number of carboxylic acid groups (broad SMARTS) is 1. The summed E-state index contributed by atoms with van der Waals surface area (Å²) in [5, 5.41) is 14.4. The van der Waals surface area contributed by atoms with Crippen LogP contribution in [0.25, 0.3) is 16.6 Å². The maximum Gasteiger partial charge on any atom is 0.357 e. The van der Waals surface area contributed by atoms with Gasteiger partial charge in [-0.3, -0.25) is 0 Å². The largest absolute Gasteiger partial charge is 0.476 e. The smallest absolute Gasteiger partial charge is 0.357 e. The number of rotatable bonds is 2. The van der Waals surface area contributed by atoms with Gasteiger partial charge in [-0.2, -0.15) is 5.10 Å². The highest BCUT2D eigenvalue weighted by Crippen LogP contribution is 2.25. The van der Waals surface area contributed by atoms with Crippen LogP contribution in [0.3, 0.4) is 0 Å². The van der Waals surface area contributed by atoms with E-state index in [1.165, 1.54) is 0 Å². The molecule has 1 heterocycles. The zero-order valence-electron chi connectivity index (χ0n) is 9.75. The van der Waals surface area contributed by atoms with Crippen LogP contribution in [0.2, 0.25) is 5.02 Å². The van der Waals surface area contributed by atoms with Gasteiger partial charge in [-0.05, 0) is 30.3 Å². The molecule has 3 aromatic rings. The Morgan fingerprint density at radius 3 is 2.58 bits per heavy atom. The van der Waals surface area contributed by atoms with Gasteiger partial charge in [-0.15, -0.1) is 0 Å². The van der Waals surface area contributed by atoms with Crippen molar-refractivity contribution in [1.82, 2.24) is 9.78 Å². The predicted octanol–water partition coefficient (Wildman–Crippen LogP) is 3.38. The summed E-state index contributed by atoms with van der Waals surface area (Å²) in [6, 6.07) is 14.5. The number of para-hydroxylation sites is 1. The molecular formula is C14H9ClN2O2. The van der Waals surface area contributed by atoms with E-state index in [-0.39, 0.29) is 5.69 Å². The van der Waals surface area contributed by atoms with Gasteiger partial charge in [0.05, 0.1) is 11.2 Å². The number of hydrogen-bond donors (Lipinski definition) is 1. The molecule has 0 saturated heterocycles. The molecule has 1 aromatic heterocycles. The van der Waals surface area contributed by atoms with E-state index in [0.29, 0.717) is 15.9 Å². The molecule has 0 aliphatic rings. The fraction of sp³-hybridized carbons (Fsp3) is 0. The highest BCUT2D eigenvalue weighted by atomic mass is 35.5. The van der Waals surface area contributed by atoms with Gasteiger partial charge in [-0.25, -0.2) is 9.48 Å². The first-order valence-corrected chi connectivity index (χ1v) is 6.01. The van der Waals surface area contributed by atoms with Crippen LogP contribution < -0.4 is 0 Å². The van der Waals surface area contributed by atoms with Gasteiger partial charge in [0.25, 0.3) is 0 Å². The van der Waals surface area contributed by atoms with Crippen molar-refractivity contribution < 1.29 is 9.90 Å². The number of aromatic nitrogens is 2. The van der Waals surface area contributed by atoms with Gasteiger partial charge in [0.15, 0.2) is 5.69 Å². The topological polar surface area (TPSA) is 55.1 Å². The number of fused-ring (bicyclic) bond motifs is 1. The van der Waals surface area contributed by atoms with E-state index in [1.807, 2.05) is 30.3 Å². The van der Waals surface area contributed by atoms with Crippen LogP contribution in [-0.4, -0.2) is 20.9 Å². The molecule has 0 aliphatic heterocycles. The second-order valence-corrected chi connectivity index (χ2v) is 4.50. The quantitative estimate of drug-likeness (QED) is 0.778. The number of halogens is 1. The molecule has 4 nitrogen and oxygen atoms in total. The third-order valence-corrected chi connectivity index (χ3v) is 3.08. The van der Waals surface area contributed by atoms with Gasteiger partial charge in [-0.1, -0.05) is 29.8 Å². The van der Waals surface area contributed by atoms with Gasteiger partial charge in [0, 0.05) is 10.4 Å². The molecule has 0 aliphatic carbocycles. The van der Waals surface area contributed by atoms with Crippen LogP contribution in [0.1, 0.15) is 10.5 Å². The summed E-state index contributed by atoms with van der Waals surface area (Å²) in [7, 11) is 0. The molecular weight excluding hydrogens is 264 g/mol. The first-order chi connectivity index (χ1) is 9.16. The Hall–Kier alpha value is -2.33. The molecule has 0 unspecified atom stereocenters. The summed E-state index contributed by atoms with van der Waals surface area (Å²) < 4.78 is 1.61. The van der Waals surface area contributed by atoms with Crippen LogP contribution in [-0.2, 0) is 0 Å². The molecule has 0 spiro atoms. The fourth-order valence-corrected chi connectivity index (χ4v) is 2.19. The lowest BCUT2D eigenvalue weighted by atomic mass is 10.2. The number of nitrogens with zero attached hydrogens (tertiary/aromatic N) is 2. The van der Waals surface area contributed by atoms with Crippen molar-refractivity contribution in [2.75, 3.05) is 0 Å². The minimum Gasteiger partial charge on any atom is -0.476 e. The number of benzene rings is 2. The van der Waals surface area contributed by atoms with Crippen LogP contribution >= 0.6 is 11.6 Å². The first kappa shape index (κ1) is 11.7. The third-order valence-electron chi connectivity index (χ3n) is 2.85. The first-order valence-electron chi connectivity index (χ1n) is 5.64. The van der Waals surface area contributed by atoms with Crippen molar-refractivity contribution in [2.45, 2.75) is 0 Å². The highest BCUT2D eigenvalue weighted by molar-refractivity contribution is 6.31. The zero-order chi connectivity index (χ0) is 13.4. The van der Waals surface area contributed by atoms with Gasteiger partial charge in [0.2, 0.25) is 0 Å². The lowest BCUT2D eigenvalue weighted by molar-refractivity contribution is 0.0692. The maximum absolute atomic E-state index is 11.3. The van der Waals surface area contributed by atoms with E-state index >= 15 is 0 Å². The molecule has 1 N–H and O–H groups in total. The molecule has 94 valence electrons. The van der Waals surface area contributed by atoms with E-state index in [0.717, 1.165) is 5.69 Å². The molecule has 0 atom stereocenters. The Balaban J connectivity index is 2.35. The number of carboxylic acids is 1. The summed E-state index contributed by atoms with van der Waals surface area (Å²) in [5.74, 6) is -1.07. The highest BCUT2D eigenvalue weighted by Gasteiger charge is 2.17. The van der Waals surface area contributed by atoms with Gasteiger partial charge < -0.3 is 5.11 Å². The van der Waals surface area contributed by atoms with Crippen LogP contribution in [0.5, 0.6) is 0 Å². The van der Waals surface area contributed by atoms with E-state index in [1.54, 1.807) is 22.9 Å². The zero-order valence-corrected chi connectivity index (χ0v) is 10.5. The SMILES string of the molecule is O=C(O)c1nn(-c2ccccc2)c2ccc(Cl)cc12. The Labute approximate surface area is 113 Å². The minimum absolute atomic E-state index is 0.00125. The predicted molar refractivity (Wildman–Crippen MR) is 73.0 cm³/mol. The Bertz CT molecular complexity index is 766. The van der Waals surface area contributed by atoms with Crippen molar-refractivity contribution in [2.24, 2.45) is 0 Å². The molecule has 2 aromatic carbocycles. The van der Waals surface area contributed by atoms with E-state index in [2.05, 4.69) is 5.10 Å². The second-order valence-electron chi connectivity index (χ2n) is 4.06. The van der Waals surface area contributed by atoms with Crippen LogP contribution in [0.15, 0.2) is 48.5 Å². The third kappa shape index (κ3) is 1.96. The van der Waals surface area contributed by atoms with Crippen molar-refractivity contribution in [3.05, 3.63) is 59.2 Å². The Kier molecular flexibility index (Phi) is 2.72. The maximum atomic E-state index is 11.3. The van der Waals surface area contributed by atoms with Crippen molar-refractivity contribution >= 4 is 28.5 Å².